The number of rotatable bonds is 4. The molecule has 3 nitrogen and oxygen atoms in total. The normalized spacial score (nSPS) is 12.3. The van der Waals surface area contributed by atoms with Gasteiger partial charge in [-0.15, -0.1) is 0 Å². The molecule has 6 heteroatoms. The molecule has 0 spiro atoms. The van der Waals surface area contributed by atoms with Gasteiger partial charge < -0.3 is 5.11 Å². The summed E-state index contributed by atoms with van der Waals surface area (Å²) in [5.41, 5.74) is 2.81. The van der Waals surface area contributed by atoms with Crippen molar-refractivity contribution in [1.82, 2.24) is 9.97 Å². The van der Waals surface area contributed by atoms with Gasteiger partial charge in [0.1, 0.15) is 22.9 Å². The predicted molar refractivity (Wildman–Crippen MR) is 109 cm³/mol. The first-order valence-corrected chi connectivity index (χ1v) is 9.44. The third-order valence-corrected chi connectivity index (χ3v) is 5.34. The number of phenols is 1. The number of hydrogen-bond donors (Lipinski definition) is 1. The Labute approximate surface area is 171 Å². The van der Waals surface area contributed by atoms with Crippen molar-refractivity contribution in [3.8, 4) is 5.75 Å². The Morgan fingerprint density at radius 1 is 1.03 bits per heavy atom. The number of halogens is 3. The maximum Gasteiger partial charge on any atom is 0.145 e. The number of benzene rings is 2. The summed E-state index contributed by atoms with van der Waals surface area (Å²) in [5, 5.41) is 12.0. The minimum atomic E-state index is -0.447. The quantitative estimate of drug-likeness (QED) is 0.452. The lowest BCUT2D eigenvalue weighted by Gasteiger charge is -2.21. The summed E-state index contributed by atoms with van der Waals surface area (Å²) in [6, 6.07) is 13.1. The van der Waals surface area contributed by atoms with Crippen LogP contribution < -0.4 is 0 Å². The van der Waals surface area contributed by atoms with Crippen LogP contribution in [0, 0.1) is 18.6 Å². The molecule has 2 heterocycles. The third kappa shape index (κ3) is 3.78. The fraction of sp³-hybridized carbons (Fsp3) is 0.130. The molecule has 4 aromatic rings. The standard InChI is InChI=1S/C23H17ClF2N2O/c1-13-9-16(28-12-21(13)26)11-19(17-7-5-15(25)10-20(17)24)18-6-4-14-3-2-8-27-22(14)23(18)29/h2-10,12,19,29H,11H2,1H3. The number of fused-ring (bicyclic) bond motifs is 1. The van der Waals surface area contributed by atoms with Crippen LogP contribution in [0.1, 0.15) is 28.3 Å². The topological polar surface area (TPSA) is 46.0 Å². The summed E-state index contributed by atoms with van der Waals surface area (Å²) < 4.78 is 27.3. The van der Waals surface area contributed by atoms with Gasteiger partial charge in [0, 0.05) is 40.2 Å². The van der Waals surface area contributed by atoms with E-state index in [0.29, 0.717) is 34.3 Å². The van der Waals surface area contributed by atoms with Crippen LogP contribution in [0.4, 0.5) is 8.78 Å². The Morgan fingerprint density at radius 2 is 1.83 bits per heavy atom. The van der Waals surface area contributed by atoms with Crippen LogP contribution in [0.25, 0.3) is 10.9 Å². The molecule has 2 aromatic heterocycles. The Kier molecular flexibility index (Phi) is 5.16. The Hall–Kier alpha value is -3.05. The van der Waals surface area contributed by atoms with Gasteiger partial charge in [-0.1, -0.05) is 35.9 Å². The number of phenolic OH excluding ortho intramolecular Hbond substituents is 1. The molecule has 0 saturated heterocycles. The molecule has 0 fully saturated rings. The molecule has 1 unspecified atom stereocenters. The first-order valence-electron chi connectivity index (χ1n) is 9.06. The number of nitrogens with zero attached hydrogens (tertiary/aromatic N) is 2. The Morgan fingerprint density at radius 3 is 2.59 bits per heavy atom. The van der Waals surface area contributed by atoms with Crippen molar-refractivity contribution in [3.63, 3.8) is 0 Å². The molecule has 0 aliphatic carbocycles. The highest BCUT2D eigenvalue weighted by molar-refractivity contribution is 6.31. The van der Waals surface area contributed by atoms with E-state index in [1.165, 1.54) is 18.3 Å². The van der Waals surface area contributed by atoms with E-state index >= 15 is 0 Å². The zero-order valence-corrected chi connectivity index (χ0v) is 16.3. The van der Waals surface area contributed by atoms with Crippen LogP contribution in [0.3, 0.4) is 0 Å². The highest BCUT2D eigenvalue weighted by Crippen LogP contribution is 2.40. The molecule has 2 aromatic carbocycles. The maximum atomic E-state index is 13.7. The van der Waals surface area contributed by atoms with Gasteiger partial charge in [0.25, 0.3) is 0 Å². The van der Waals surface area contributed by atoms with Crippen molar-refractivity contribution in [2.75, 3.05) is 0 Å². The molecule has 0 aliphatic heterocycles. The van der Waals surface area contributed by atoms with Crippen LogP contribution in [-0.2, 0) is 6.42 Å². The van der Waals surface area contributed by atoms with Gasteiger partial charge in [-0.3, -0.25) is 9.97 Å². The predicted octanol–water partition coefficient (Wildman–Crippen LogP) is 5.95. The summed E-state index contributed by atoms with van der Waals surface area (Å²) in [4.78, 5) is 8.46. The summed E-state index contributed by atoms with van der Waals surface area (Å²) in [6.07, 6.45) is 3.13. The Bertz CT molecular complexity index is 1210. The number of hydrogen-bond acceptors (Lipinski definition) is 3. The van der Waals surface area contributed by atoms with Gasteiger partial charge in [-0.05, 0) is 42.3 Å². The molecule has 1 atom stereocenters. The molecular formula is C23H17ClF2N2O. The molecular weight excluding hydrogens is 394 g/mol. The van der Waals surface area contributed by atoms with E-state index in [2.05, 4.69) is 9.97 Å². The highest BCUT2D eigenvalue weighted by atomic mass is 35.5. The Balaban J connectivity index is 1.88. The summed E-state index contributed by atoms with van der Waals surface area (Å²) >= 11 is 6.35. The zero-order valence-electron chi connectivity index (χ0n) is 15.5. The van der Waals surface area contributed by atoms with Gasteiger partial charge in [-0.25, -0.2) is 8.78 Å². The lowest BCUT2D eigenvalue weighted by Crippen LogP contribution is -2.09. The first-order chi connectivity index (χ1) is 13.9. The van der Waals surface area contributed by atoms with E-state index in [0.717, 1.165) is 5.39 Å². The minimum Gasteiger partial charge on any atom is -0.505 e. The fourth-order valence-corrected chi connectivity index (χ4v) is 3.82. The van der Waals surface area contributed by atoms with Crippen molar-refractivity contribution >= 4 is 22.5 Å². The first kappa shape index (κ1) is 19.3. The lowest BCUT2D eigenvalue weighted by atomic mass is 9.85. The van der Waals surface area contributed by atoms with E-state index in [9.17, 15) is 13.9 Å². The number of pyridine rings is 2. The SMILES string of the molecule is Cc1cc(CC(c2ccc(F)cc2Cl)c2ccc3cccnc3c2O)ncc1F. The molecule has 0 bridgehead atoms. The second-order valence-corrected chi connectivity index (χ2v) is 7.33. The maximum absolute atomic E-state index is 13.7. The average molecular weight is 411 g/mol. The molecule has 0 amide bonds. The van der Waals surface area contributed by atoms with E-state index in [-0.39, 0.29) is 16.6 Å². The van der Waals surface area contributed by atoms with Crippen molar-refractivity contribution in [3.05, 3.63) is 100.0 Å². The van der Waals surface area contributed by atoms with E-state index in [1.54, 1.807) is 37.4 Å². The largest absolute Gasteiger partial charge is 0.505 e. The van der Waals surface area contributed by atoms with Crippen LogP contribution in [-0.4, -0.2) is 15.1 Å². The van der Waals surface area contributed by atoms with E-state index in [4.69, 9.17) is 11.6 Å². The summed E-state index contributed by atoms with van der Waals surface area (Å²) in [7, 11) is 0. The van der Waals surface area contributed by atoms with Gasteiger partial charge in [0.2, 0.25) is 0 Å². The second-order valence-electron chi connectivity index (χ2n) is 6.93. The number of aromatic hydroxyl groups is 1. The lowest BCUT2D eigenvalue weighted by molar-refractivity contribution is 0.469. The van der Waals surface area contributed by atoms with Crippen LogP contribution in [0.5, 0.6) is 5.75 Å². The monoisotopic (exact) mass is 410 g/mol. The van der Waals surface area contributed by atoms with Crippen molar-refractivity contribution in [1.29, 1.82) is 0 Å². The van der Waals surface area contributed by atoms with Crippen LogP contribution in [0.2, 0.25) is 5.02 Å². The molecule has 0 saturated carbocycles. The zero-order chi connectivity index (χ0) is 20.5. The van der Waals surface area contributed by atoms with Gasteiger partial charge in [-0.2, -0.15) is 0 Å². The molecule has 4 rings (SSSR count). The molecule has 1 N–H and O–H groups in total. The minimum absolute atomic E-state index is 0.0346. The van der Waals surface area contributed by atoms with E-state index < -0.39 is 11.7 Å². The number of aromatic nitrogens is 2. The van der Waals surface area contributed by atoms with Crippen molar-refractivity contribution < 1.29 is 13.9 Å². The van der Waals surface area contributed by atoms with Gasteiger partial charge >= 0.3 is 0 Å². The summed E-state index contributed by atoms with van der Waals surface area (Å²) in [6.45, 7) is 1.66. The number of aryl methyl sites for hydroxylation is 1. The molecule has 146 valence electrons. The smallest absolute Gasteiger partial charge is 0.145 e. The third-order valence-electron chi connectivity index (χ3n) is 5.01. The van der Waals surface area contributed by atoms with Gasteiger partial charge in [0.05, 0.1) is 6.20 Å². The van der Waals surface area contributed by atoms with Crippen molar-refractivity contribution in [2.45, 2.75) is 19.3 Å². The van der Waals surface area contributed by atoms with Crippen molar-refractivity contribution in [2.24, 2.45) is 0 Å². The summed E-state index contributed by atoms with van der Waals surface area (Å²) in [5.74, 6) is -1.22. The average Bonchev–Trinajstić information content (AvgIpc) is 2.70. The van der Waals surface area contributed by atoms with Crippen LogP contribution in [0.15, 0.2) is 60.9 Å². The fourth-order valence-electron chi connectivity index (χ4n) is 3.52. The molecule has 0 aliphatic rings. The second kappa shape index (κ2) is 7.76. The van der Waals surface area contributed by atoms with Gasteiger partial charge in [0.15, 0.2) is 0 Å². The highest BCUT2D eigenvalue weighted by Gasteiger charge is 2.23. The van der Waals surface area contributed by atoms with Crippen LogP contribution >= 0.6 is 11.6 Å². The molecule has 0 radical (unpaired) electrons. The van der Waals surface area contributed by atoms with E-state index in [1.807, 2.05) is 12.1 Å². The molecule has 29 heavy (non-hydrogen) atoms.